The van der Waals surface area contributed by atoms with Crippen LogP contribution in [-0.2, 0) is 19.5 Å². The van der Waals surface area contributed by atoms with Gasteiger partial charge in [-0.25, -0.2) is 0 Å². The van der Waals surface area contributed by atoms with Crippen LogP contribution in [0.1, 0.15) is 35.2 Å². The van der Waals surface area contributed by atoms with Crippen LogP contribution in [0.25, 0.3) is 0 Å². The average Bonchev–Trinajstić information content (AvgIpc) is 3.05. The van der Waals surface area contributed by atoms with Crippen LogP contribution in [0.2, 0.25) is 0 Å². The molecule has 0 bridgehead atoms. The number of hydrogen-bond acceptors (Lipinski definition) is 5. The summed E-state index contributed by atoms with van der Waals surface area (Å²) in [6, 6.07) is 8.94. The molecule has 6 heteroatoms. The molecular formula is C19H27N5O. The molecule has 1 N–H and O–H groups in total. The van der Waals surface area contributed by atoms with E-state index in [1.54, 1.807) is 0 Å². The van der Waals surface area contributed by atoms with Crippen LogP contribution >= 0.6 is 0 Å². The van der Waals surface area contributed by atoms with Crippen molar-refractivity contribution < 1.29 is 5.11 Å². The van der Waals surface area contributed by atoms with E-state index in [-0.39, 0.29) is 12.1 Å². The monoisotopic (exact) mass is 341 g/mol. The number of likely N-dealkylation sites (N-methyl/N-ethyl adjacent to an activating group) is 1. The van der Waals surface area contributed by atoms with Crippen molar-refractivity contribution in [3.63, 3.8) is 0 Å². The van der Waals surface area contributed by atoms with Crippen LogP contribution in [0.15, 0.2) is 24.3 Å². The van der Waals surface area contributed by atoms with Crippen molar-refractivity contribution in [3.05, 3.63) is 47.0 Å². The van der Waals surface area contributed by atoms with Crippen molar-refractivity contribution in [2.24, 2.45) is 0 Å². The Labute approximate surface area is 149 Å². The SMILES string of the molecule is Cc1cccc(CN2CCc3nnc([C@@H]4C[C@@H](O)CN4C)n3CC2)c1. The first-order valence-corrected chi connectivity index (χ1v) is 9.18. The molecule has 4 rings (SSSR count). The molecular weight excluding hydrogens is 314 g/mol. The Hall–Kier alpha value is -1.76. The van der Waals surface area contributed by atoms with E-state index in [2.05, 4.69) is 62.8 Å². The fourth-order valence-electron chi connectivity index (χ4n) is 4.14. The summed E-state index contributed by atoms with van der Waals surface area (Å²) >= 11 is 0. The highest BCUT2D eigenvalue weighted by atomic mass is 16.3. The van der Waals surface area contributed by atoms with Gasteiger partial charge in [-0.05, 0) is 26.0 Å². The Morgan fingerprint density at radius 2 is 2.08 bits per heavy atom. The topological polar surface area (TPSA) is 57.4 Å². The summed E-state index contributed by atoms with van der Waals surface area (Å²) in [6.45, 7) is 6.78. The van der Waals surface area contributed by atoms with Crippen molar-refractivity contribution in [3.8, 4) is 0 Å². The van der Waals surface area contributed by atoms with Crippen LogP contribution in [0, 0.1) is 6.92 Å². The first kappa shape index (κ1) is 16.7. The van der Waals surface area contributed by atoms with E-state index < -0.39 is 0 Å². The van der Waals surface area contributed by atoms with Crippen LogP contribution in [0.5, 0.6) is 0 Å². The van der Waals surface area contributed by atoms with Crippen LogP contribution in [0.4, 0.5) is 0 Å². The van der Waals surface area contributed by atoms with Crippen molar-refractivity contribution in [2.75, 3.05) is 26.7 Å². The molecule has 2 aromatic rings. The van der Waals surface area contributed by atoms with Crippen molar-refractivity contribution >= 4 is 0 Å². The third-order valence-corrected chi connectivity index (χ3v) is 5.46. The molecule has 0 spiro atoms. The maximum Gasteiger partial charge on any atom is 0.150 e. The number of likely N-dealkylation sites (tertiary alicyclic amines) is 1. The quantitative estimate of drug-likeness (QED) is 0.914. The molecule has 0 saturated carbocycles. The van der Waals surface area contributed by atoms with Gasteiger partial charge in [-0.2, -0.15) is 0 Å². The van der Waals surface area contributed by atoms with E-state index in [0.29, 0.717) is 6.54 Å². The van der Waals surface area contributed by atoms with Gasteiger partial charge in [0.2, 0.25) is 0 Å². The second kappa shape index (κ2) is 6.86. The molecule has 6 nitrogen and oxygen atoms in total. The van der Waals surface area contributed by atoms with E-state index in [1.165, 1.54) is 11.1 Å². The van der Waals surface area contributed by atoms with Gasteiger partial charge in [-0.15, -0.1) is 10.2 Å². The van der Waals surface area contributed by atoms with E-state index in [0.717, 1.165) is 50.7 Å². The van der Waals surface area contributed by atoms with E-state index >= 15 is 0 Å². The number of aryl methyl sites for hydroxylation is 1. The first-order valence-electron chi connectivity index (χ1n) is 9.18. The fourth-order valence-corrected chi connectivity index (χ4v) is 4.14. The molecule has 3 heterocycles. The molecule has 1 aromatic heterocycles. The molecule has 1 saturated heterocycles. The second-order valence-electron chi connectivity index (χ2n) is 7.49. The summed E-state index contributed by atoms with van der Waals surface area (Å²) < 4.78 is 2.29. The molecule has 2 atom stereocenters. The molecule has 2 aliphatic heterocycles. The highest BCUT2D eigenvalue weighted by Gasteiger charge is 2.34. The van der Waals surface area contributed by atoms with Crippen molar-refractivity contribution in [1.82, 2.24) is 24.6 Å². The van der Waals surface area contributed by atoms with E-state index in [1.807, 2.05) is 0 Å². The Bertz CT molecular complexity index is 743. The Morgan fingerprint density at radius 1 is 1.20 bits per heavy atom. The zero-order chi connectivity index (χ0) is 17.4. The predicted molar refractivity (Wildman–Crippen MR) is 96.2 cm³/mol. The third kappa shape index (κ3) is 3.47. The Kier molecular flexibility index (Phi) is 4.58. The Balaban J connectivity index is 1.47. The molecule has 25 heavy (non-hydrogen) atoms. The number of hydrogen-bond donors (Lipinski definition) is 1. The second-order valence-corrected chi connectivity index (χ2v) is 7.49. The number of aliphatic hydroxyl groups is 1. The summed E-state index contributed by atoms with van der Waals surface area (Å²) in [5.74, 6) is 2.10. The maximum absolute atomic E-state index is 9.95. The van der Waals surface area contributed by atoms with Gasteiger partial charge in [-0.3, -0.25) is 9.80 Å². The standard InChI is InChI=1S/C19H27N5O/c1-14-4-3-5-15(10-14)12-23-7-6-18-20-21-19(24(18)9-8-23)17-11-16(25)13-22(17)2/h3-5,10,16-17,25H,6-9,11-13H2,1-2H3/t16-,17+/m1/s1. The normalized spacial score (nSPS) is 25.1. The van der Waals surface area contributed by atoms with Gasteiger partial charge in [0.1, 0.15) is 5.82 Å². The molecule has 2 aliphatic rings. The largest absolute Gasteiger partial charge is 0.392 e. The van der Waals surface area contributed by atoms with Gasteiger partial charge in [0.15, 0.2) is 5.82 Å². The number of aromatic nitrogens is 3. The summed E-state index contributed by atoms with van der Waals surface area (Å²) in [4.78, 5) is 4.69. The van der Waals surface area contributed by atoms with Gasteiger partial charge < -0.3 is 9.67 Å². The lowest BCUT2D eigenvalue weighted by Gasteiger charge is -2.21. The van der Waals surface area contributed by atoms with Crippen LogP contribution < -0.4 is 0 Å². The van der Waals surface area contributed by atoms with Gasteiger partial charge in [0, 0.05) is 39.1 Å². The van der Waals surface area contributed by atoms with E-state index in [9.17, 15) is 5.11 Å². The van der Waals surface area contributed by atoms with Crippen molar-refractivity contribution in [2.45, 2.75) is 45.0 Å². The molecule has 0 radical (unpaired) electrons. The smallest absolute Gasteiger partial charge is 0.150 e. The third-order valence-electron chi connectivity index (χ3n) is 5.46. The molecule has 0 unspecified atom stereocenters. The lowest BCUT2D eigenvalue weighted by Crippen LogP contribution is -2.27. The van der Waals surface area contributed by atoms with E-state index in [4.69, 9.17) is 0 Å². The number of benzene rings is 1. The summed E-state index contributed by atoms with van der Waals surface area (Å²) in [5, 5.41) is 18.9. The van der Waals surface area contributed by atoms with Gasteiger partial charge in [-0.1, -0.05) is 29.8 Å². The number of nitrogens with zero attached hydrogens (tertiary/aromatic N) is 5. The summed E-state index contributed by atoms with van der Waals surface area (Å²) in [5.41, 5.74) is 2.69. The highest BCUT2D eigenvalue weighted by Crippen LogP contribution is 2.30. The summed E-state index contributed by atoms with van der Waals surface area (Å²) in [7, 11) is 2.06. The number of rotatable bonds is 3. The molecule has 1 fully saturated rings. The molecule has 1 aromatic carbocycles. The molecule has 0 amide bonds. The molecule has 0 aliphatic carbocycles. The summed E-state index contributed by atoms with van der Waals surface area (Å²) in [6.07, 6.45) is 1.42. The lowest BCUT2D eigenvalue weighted by atomic mass is 10.1. The minimum Gasteiger partial charge on any atom is -0.392 e. The average molecular weight is 341 g/mol. The predicted octanol–water partition coefficient (Wildman–Crippen LogP) is 1.38. The van der Waals surface area contributed by atoms with Crippen LogP contribution in [0.3, 0.4) is 0 Å². The zero-order valence-corrected chi connectivity index (χ0v) is 15.1. The maximum atomic E-state index is 9.95. The molecule has 134 valence electrons. The number of fused-ring (bicyclic) bond motifs is 1. The fraction of sp³-hybridized carbons (Fsp3) is 0.579. The van der Waals surface area contributed by atoms with Crippen molar-refractivity contribution in [1.29, 1.82) is 0 Å². The van der Waals surface area contributed by atoms with Crippen LogP contribution in [-0.4, -0.2) is 62.5 Å². The van der Waals surface area contributed by atoms with Gasteiger partial charge in [0.25, 0.3) is 0 Å². The number of β-amino-alcohol motifs (C(OH)–C–C–N with tert-alkyl or cyclic N) is 1. The highest BCUT2D eigenvalue weighted by molar-refractivity contribution is 5.22. The lowest BCUT2D eigenvalue weighted by molar-refractivity contribution is 0.182. The van der Waals surface area contributed by atoms with Gasteiger partial charge >= 0.3 is 0 Å². The zero-order valence-electron chi connectivity index (χ0n) is 15.1. The first-order chi connectivity index (χ1) is 12.1. The van der Waals surface area contributed by atoms with Gasteiger partial charge in [0.05, 0.1) is 12.1 Å². The minimum absolute atomic E-state index is 0.180. The Morgan fingerprint density at radius 3 is 2.84 bits per heavy atom. The number of aliphatic hydroxyl groups excluding tert-OH is 1. The minimum atomic E-state index is -0.258.